The molecule has 5 nitrogen and oxygen atoms in total. The highest BCUT2D eigenvalue weighted by Crippen LogP contribution is 2.20. The smallest absolute Gasteiger partial charge is 0.259 e. The number of para-hydroxylation sites is 1. The summed E-state index contributed by atoms with van der Waals surface area (Å²) >= 11 is 0. The van der Waals surface area contributed by atoms with Crippen molar-refractivity contribution in [2.45, 2.75) is 13.8 Å². The maximum Gasteiger partial charge on any atom is 0.259 e. The van der Waals surface area contributed by atoms with Crippen LogP contribution in [0.25, 0.3) is 0 Å². The second-order valence-corrected chi connectivity index (χ2v) is 4.19. The third-order valence-electron chi connectivity index (χ3n) is 2.69. The number of carbonyl (C=O) groups is 1. The lowest BCUT2D eigenvalue weighted by Crippen LogP contribution is -2.13. The number of aromatic nitrogens is 2. The van der Waals surface area contributed by atoms with Crippen molar-refractivity contribution < 1.29 is 9.53 Å². The molecular weight excluding hydrogens is 242 g/mol. The highest BCUT2D eigenvalue weighted by Gasteiger charge is 2.14. The fraction of sp³-hybridized carbons (Fsp3) is 0.286. The van der Waals surface area contributed by atoms with Crippen LogP contribution in [0.3, 0.4) is 0 Å². The fourth-order valence-corrected chi connectivity index (χ4v) is 1.85. The average molecular weight is 259 g/mol. The number of amides is 1. The quantitative estimate of drug-likeness (QED) is 0.917. The van der Waals surface area contributed by atoms with Gasteiger partial charge in [0.2, 0.25) is 0 Å². The first-order valence-electron chi connectivity index (χ1n) is 6.15. The van der Waals surface area contributed by atoms with Crippen molar-refractivity contribution in [3.8, 4) is 5.75 Å². The number of benzene rings is 1. The summed E-state index contributed by atoms with van der Waals surface area (Å²) in [6.45, 7) is 4.26. The van der Waals surface area contributed by atoms with Gasteiger partial charge in [0, 0.05) is 13.2 Å². The Hall–Kier alpha value is -2.30. The van der Waals surface area contributed by atoms with Gasteiger partial charge in [0.05, 0.1) is 23.6 Å². The van der Waals surface area contributed by atoms with Gasteiger partial charge in [0.25, 0.3) is 5.91 Å². The Labute approximate surface area is 112 Å². The normalized spacial score (nSPS) is 10.3. The predicted molar refractivity (Wildman–Crippen MR) is 73.5 cm³/mol. The molecule has 1 N–H and O–H groups in total. The molecular formula is C14H17N3O2. The topological polar surface area (TPSA) is 56.1 Å². The minimum absolute atomic E-state index is 0.194. The van der Waals surface area contributed by atoms with Gasteiger partial charge in [-0.25, -0.2) is 0 Å². The fourth-order valence-electron chi connectivity index (χ4n) is 1.85. The van der Waals surface area contributed by atoms with Gasteiger partial charge >= 0.3 is 0 Å². The Morgan fingerprint density at radius 1 is 1.42 bits per heavy atom. The minimum Gasteiger partial charge on any atom is -0.493 e. The van der Waals surface area contributed by atoms with Gasteiger partial charge in [-0.1, -0.05) is 12.1 Å². The van der Waals surface area contributed by atoms with E-state index in [9.17, 15) is 4.79 Å². The van der Waals surface area contributed by atoms with Crippen molar-refractivity contribution in [2.75, 3.05) is 11.9 Å². The third-order valence-corrected chi connectivity index (χ3v) is 2.69. The van der Waals surface area contributed by atoms with Crippen LogP contribution in [0.1, 0.15) is 23.0 Å². The van der Waals surface area contributed by atoms with Gasteiger partial charge in [-0.2, -0.15) is 5.10 Å². The molecule has 19 heavy (non-hydrogen) atoms. The summed E-state index contributed by atoms with van der Waals surface area (Å²) in [7, 11) is 1.82. The zero-order valence-electron chi connectivity index (χ0n) is 11.3. The summed E-state index contributed by atoms with van der Waals surface area (Å²) in [5.74, 6) is 0.393. The van der Waals surface area contributed by atoms with Crippen LogP contribution in [0.2, 0.25) is 0 Å². The number of nitrogens with zero attached hydrogens (tertiary/aromatic N) is 2. The van der Waals surface area contributed by atoms with Gasteiger partial charge in [0.1, 0.15) is 5.75 Å². The number of rotatable bonds is 4. The first-order valence-corrected chi connectivity index (χ1v) is 6.15. The van der Waals surface area contributed by atoms with E-state index in [4.69, 9.17) is 4.74 Å². The zero-order valence-corrected chi connectivity index (χ0v) is 11.3. The Bertz CT molecular complexity index is 590. The van der Waals surface area contributed by atoms with Crippen LogP contribution in [-0.2, 0) is 7.05 Å². The first-order chi connectivity index (χ1) is 9.11. The maximum absolute atomic E-state index is 12.2. The Morgan fingerprint density at radius 2 is 2.16 bits per heavy atom. The summed E-state index contributed by atoms with van der Waals surface area (Å²) < 4.78 is 7.12. The molecule has 0 bridgehead atoms. The second kappa shape index (κ2) is 5.56. The molecule has 1 heterocycles. The molecule has 0 saturated carbocycles. The molecule has 1 amide bonds. The van der Waals surface area contributed by atoms with E-state index >= 15 is 0 Å². The highest BCUT2D eigenvalue weighted by atomic mass is 16.5. The molecule has 5 heteroatoms. The van der Waals surface area contributed by atoms with Gasteiger partial charge in [-0.3, -0.25) is 9.48 Å². The van der Waals surface area contributed by atoms with E-state index in [-0.39, 0.29) is 5.91 Å². The van der Waals surface area contributed by atoms with E-state index in [1.165, 1.54) is 0 Å². The van der Waals surface area contributed by atoms with Crippen molar-refractivity contribution >= 4 is 11.6 Å². The van der Waals surface area contributed by atoms with Crippen molar-refractivity contribution in [1.82, 2.24) is 9.78 Å². The molecule has 100 valence electrons. The lowest BCUT2D eigenvalue weighted by Gasteiger charge is -2.09. The van der Waals surface area contributed by atoms with Crippen LogP contribution in [0.5, 0.6) is 5.75 Å². The maximum atomic E-state index is 12.2. The molecule has 0 aliphatic carbocycles. The van der Waals surface area contributed by atoms with Gasteiger partial charge in [-0.15, -0.1) is 0 Å². The molecule has 1 aromatic heterocycles. The molecule has 0 atom stereocenters. The zero-order chi connectivity index (χ0) is 13.8. The van der Waals surface area contributed by atoms with E-state index in [1.54, 1.807) is 23.0 Å². The van der Waals surface area contributed by atoms with Crippen LogP contribution in [0.15, 0.2) is 30.5 Å². The number of carbonyl (C=O) groups excluding carboxylic acids is 1. The van der Waals surface area contributed by atoms with Gasteiger partial charge in [-0.05, 0) is 26.0 Å². The lowest BCUT2D eigenvalue weighted by atomic mass is 10.2. The number of hydrogen-bond acceptors (Lipinski definition) is 3. The van der Waals surface area contributed by atoms with Crippen molar-refractivity contribution in [1.29, 1.82) is 0 Å². The van der Waals surface area contributed by atoms with Gasteiger partial charge < -0.3 is 10.1 Å². The van der Waals surface area contributed by atoms with E-state index in [0.29, 0.717) is 23.6 Å². The van der Waals surface area contributed by atoms with E-state index in [0.717, 1.165) is 5.69 Å². The number of anilines is 1. The standard InChI is InChI=1S/C14H17N3O2/c1-4-19-13-8-6-5-7-11(13)14(18)15-12-9-17(3)16-10(12)2/h5-9H,4H2,1-3H3,(H,15,18). The van der Waals surface area contributed by atoms with E-state index in [1.807, 2.05) is 33.0 Å². The molecule has 0 unspecified atom stereocenters. The number of hydrogen-bond donors (Lipinski definition) is 1. The largest absolute Gasteiger partial charge is 0.493 e. The minimum atomic E-state index is -0.194. The van der Waals surface area contributed by atoms with Crippen molar-refractivity contribution in [3.05, 3.63) is 41.7 Å². The van der Waals surface area contributed by atoms with E-state index < -0.39 is 0 Å². The molecule has 0 fully saturated rings. The van der Waals surface area contributed by atoms with E-state index in [2.05, 4.69) is 10.4 Å². The second-order valence-electron chi connectivity index (χ2n) is 4.19. The van der Waals surface area contributed by atoms with Crippen molar-refractivity contribution in [3.63, 3.8) is 0 Å². The van der Waals surface area contributed by atoms with Crippen LogP contribution < -0.4 is 10.1 Å². The molecule has 0 aliphatic rings. The summed E-state index contributed by atoms with van der Waals surface area (Å²) in [5, 5.41) is 7.03. The van der Waals surface area contributed by atoms with Crippen LogP contribution >= 0.6 is 0 Å². The summed E-state index contributed by atoms with van der Waals surface area (Å²) in [4.78, 5) is 12.2. The SMILES string of the molecule is CCOc1ccccc1C(=O)Nc1cn(C)nc1C. The summed E-state index contributed by atoms with van der Waals surface area (Å²) in [5.41, 5.74) is 2.01. The van der Waals surface area contributed by atoms with Crippen molar-refractivity contribution in [2.24, 2.45) is 7.05 Å². The monoisotopic (exact) mass is 259 g/mol. The Kier molecular flexibility index (Phi) is 3.85. The number of ether oxygens (including phenoxy) is 1. The van der Waals surface area contributed by atoms with Crippen LogP contribution in [-0.4, -0.2) is 22.3 Å². The summed E-state index contributed by atoms with van der Waals surface area (Å²) in [6.07, 6.45) is 1.77. The molecule has 2 rings (SSSR count). The molecule has 0 saturated heterocycles. The molecule has 1 aromatic carbocycles. The third kappa shape index (κ3) is 2.93. The lowest BCUT2D eigenvalue weighted by molar-refractivity contribution is 0.102. The first kappa shape index (κ1) is 13.1. The predicted octanol–water partition coefficient (Wildman–Crippen LogP) is 2.38. The molecule has 2 aromatic rings. The summed E-state index contributed by atoms with van der Waals surface area (Å²) in [6, 6.07) is 7.19. The average Bonchev–Trinajstić information content (AvgIpc) is 2.69. The Morgan fingerprint density at radius 3 is 2.79 bits per heavy atom. The number of aryl methyl sites for hydroxylation is 2. The van der Waals surface area contributed by atoms with Crippen LogP contribution in [0, 0.1) is 6.92 Å². The van der Waals surface area contributed by atoms with Gasteiger partial charge in [0.15, 0.2) is 0 Å². The Balaban J connectivity index is 2.22. The highest BCUT2D eigenvalue weighted by molar-refractivity contribution is 6.06. The van der Waals surface area contributed by atoms with Crippen LogP contribution in [0.4, 0.5) is 5.69 Å². The molecule has 0 radical (unpaired) electrons. The molecule has 0 aliphatic heterocycles. The number of nitrogens with one attached hydrogen (secondary N) is 1. The molecule has 0 spiro atoms.